The van der Waals surface area contributed by atoms with Crippen LogP contribution < -0.4 is 10.1 Å². The topological polar surface area (TPSA) is 24.5 Å². The summed E-state index contributed by atoms with van der Waals surface area (Å²) in [6.45, 7) is 3.86. The van der Waals surface area contributed by atoms with Gasteiger partial charge >= 0.3 is 0 Å². The van der Waals surface area contributed by atoms with Gasteiger partial charge in [-0.1, -0.05) is 12.1 Å². The van der Waals surface area contributed by atoms with Crippen LogP contribution in [0.2, 0.25) is 0 Å². The van der Waals surface area contributed by atoms with E-state index < -0.39 is 0 Å². The van der Waals surface area contributed by atoms with Crippen molar-refractivity contribution < 1.29 is 4.74 Å². The summed E-state index contributed by atoms with van der Waals surface area (Å²) in [4.78, 5) is 2.11. The highest BCUT2D eigenvalue weighted by Gasteiger charge is 2.01. The molecule has 0 aliphatic rings. The Morgan fingerprint density at radius 3 is 2.41 bits per heavy atom. The first-order chi connectivity index (χ1) is 8.11. The van der Waals surface area contributed by atoms with Crippen molar-refractivity contribution in [3.05, 3.63) is 29.8 Å². The molecule has 0 heterocycles. The second-order valence-corrected chi connectivity index (χ2v) is 4.69. The number of nitrogens with zero attached hydrogens (tertiary/aromatic N) is 1. The Balaban J connectivity index is 2.39. The van der Waals surface area contributed by atoms with Crippen LogP contribution in [0.3, 0.4) is 0 Å². The summed E-state index contributed by atoms with van der Waals surface area (Å²) in [6.07, 6.45) is 1.05. The van der Waals surface area contributed by atoms with Crippen LogP contribution in [-0.2, 0) is 6.42 Å². The van der Waals surface area contributed by atoms with E-state index in [1.807, 2.05) is 33.3 Å². The van der Waals surface area contributed by atoms with Crippen LogP contribution in [0.25, 0.3) is 0 Å². The molecule has 0 aliphatic heterocycles. The van der Waals surface area contributed by atoms with Crippen LogP contribution >= 0.6 is 0 Å². The maximum atomic E-state index is 5.65. The number of hydrogen-bond donors (Lipinski definition) is 1. The van der Waals surface area contributed by atoms with Crippen LogP contribution in [0.1, 0.15) is 12.5 Å². The lowest BCUT2D eigenvalue weighted by atomic mass is 10.1. The Bertz CT molecular complexity index is 309. The Hall–Kier alpha value is -1.06. The molecule has 0 amide bonds. The van der Waals surface area contributed by atoms with Gasteiger partial charge in [0.25, 0.3) is 0 Å². The Kier molecular flexibility index (Phi) is 6.01. The van der Waals surface area contributed by atoms with Gasteiger partial charge in [-0.15, -0.1) is 0 Å². The second kappa shape index (κ2) is 7.30. The average molecular weight is 236 g/mol. The molecule has 96 valence electrons. The van der Waals surface area contributed by atoms with E-state index in [0.717, 1.165) is 25.3 Å². The Morgan fingerprint density at radius 2 is 1.88 bits per heavy atom. The van der Waals surface area contributed by atoms with Crippen molar-refractivity contribution >= 4 is 0 Å². The minimum Gasteiger partial charge on any atom is -0.492 e. The summed E-state index contributed by atoms with van der Waals surface area (Å²) >= 11 is 0. The predicted octanol–water partition coefficient (Wildman–Crippen LogP) is 1.78. The molecule has 0 spiro atoms. The fraction of sp³-hybridized carbons (Fsp3) is 0.571. The molecule has 1 aromatic carbocycles. The molecule has 1 atom stereocenters. The molecule has 0 saturated heterocycles. The number of likely N-dealkylation sites (N-methyl/N-ethyl adjacent to an activating group) is 2. The molecule has 0 saturated carbocycles. The molecule has 1 aromatic rings. The molecule has 0 aliphatic carbocycles. The normalized spacial score (nSPS) is 12.8. The first kappa shape index (κ1) is 14.0. The third-order valence-electron chi connectivity index (χ3n) is 2.77. The van der Waals surface area contributed by atoms with Crippen LogP contribution in [-0.4, -0.2) is 45.2 Å². The van der Waals surface area contributed by atoms with Crippen LogP contribution in [0.5, 0.6) is 5.75 Å². The Morgan fingerprint density at radius 1 is 1.24 bits per heavy atom. The highest BCUT2D eigenvalue weighted by atomic mass is 16.5. The van der Waals surface area contributed by atoms with E-state index in [4.69, 9.17) is 4.74 Å². The lowest BCUT2D eigenvalue weighted by Gasteiger charge is -2.12. The van der Waals surface area contributed by atoms with Gasteiger partial charge in [-0.3, -0.25) is 0 Å². The van der Waals surface area contributed by atoms with Gasteiger partial charge in [0.15, 0.2) is 0 Å². The highest BCUT2D eigenvalue weighted by Crippen LogP contribution is 2.13. The summed E-state index contributed by atoms with van der Waals surface area (Å²) in [5.74, 6) is 0.952. The first-order valence-electron chi connectivity index (χ1n) is 6.15. The van der Waals surface area contributed by atoms with Gasteiger partial charge in [0, 0.05) is 12.6 Å². The monoisotopic (exact) mass is 236 g/mol. The largest absolute Gasteiger partial charge is 0.492 e. The highest BCUT2D eigenvalue weighted by molar-refractivity contribution is 5.27. The van der Waals surface area contributed by atoms with Gasteiger partial charge < -0.3 is 15.0 Å². The third-order valence-corrected chi connectivity index (χ3v) is 2.77. The molecule has 1 unspecified atom stereocenters. The van der Waals surface area contributed by atoms with Gasteiger partial charge in [0.05, 0.1) is 0 Å². The molecule has 1 N–H and O–H groups in total. The summed E-state index contributed by atoms with van der Waals surface area (Å²) < 4.78 is 5.65. The molecule has 0 radical (unpaired) electrons. The van der Waals surface area contributed by atoms with E-state index in [1.54, 1.807) is 0 Å². The molecule has 0 bridgehead atoms. The average Bonchev–Trinajstić information content (AvgIpc) is 2.31. The van der Waals surface area contributed by atoms with Gasteiger partial charge in [-0.05, 0) is 52.2 Å². The zero-order chi connectivity index (χ0) is 12.7. The van der Waals surface area contributed by atoms with Crippen molar-refractivity contribution in [3.8, 4) is 5.75 Å². The maximum absolute atomic E-state index is 5.65. The lowest BCUT2D eigenvalue weighted by Crippen LogP contribution is -2.23. The zero-order valence-corrected chi connectivity index (χ0v) is 11.4. The van der Waals surface area contributed by atoms with Gasteiger partial charge in [-0.25, -0.2) is 0 Å². The maximum Gasteiger partial charge on any atom is 0.119 e. The fourth-order valence-corrected chi connectivity index (χ4v) is 1.52. The van der Waals surface area contributed by atoms with E-state index >= 15 is 0 Å². The number of hydrogen-bond acceptors (Lipinski definition) is 3. The minimum absolute atomic E-state index is 0.510. The van der Waals surface area contributed by atoms with E-state index in [1.165, 1.54) is 5.56 Å². The molecular formula is C14H24N2O. The van der Waals surface area contributed by atoms with Crippen molar-refractivity contribution in [3.63, 3.8) is 0 Å². The Labute approximate surface area is 105 Å². The van der Waals surface area contributed by atoms with Crippen molar-refractivity contribution in [2.45, 2.75) is 19.4 Å². The first-order valence-corrected chi connectivity index (χ1v) is 6.15. The van der Waals surface area contributed by atoms with Crippen molar-refractivity contribution in [2.75, 3.05) is 34.3 Å². The van der Waals surface area contributed by atoms with E-state index in [0.29, 0.717) is 6.04 Å². The van der Waals surface area contributed by atoms with Crippen LogP contribution in [0.15, 0.2) is 24.3 Å². The standard InChI is InChI=1S/C14H24N2O/c1-12(15-2)11-13-5-7-14(8-6-13)17-10-9-16(3)4/h5-8,12,15H,9-11H2,1-4H3. The van der Waals surface area contributed by atoms with Crippen molar-refractivity contribution in [1.82, 2.24) is 10.2 Å². The molecule has 17 heavy (non-hydrogen) atoms. The number of nitrogens with one attached hydrogen (secondary N) is 1. The predicted molar refractivity (Wildman–Crippen MR) is 72.7 cm³/mol. The fourth-order valence-electron chi connectivity index (χ4n) is 1.52. The molecule has 1 rings (SSSR count). The minimum atomic E-state index is 0.510. The quantitative estimate of drug-likeness (QED) is 0.781. The molecule has 3 nitrogen and oxygen atoms in total. The second-order valence-electron chi connectivity index (χ2n) is 4.69. The number of ether oxygens (including phenoxy) is 1. The van der Waals surface area contributed by atoms with Gasteiger partial charge in [0.2, 0.25) is 0 Å². The SMILES string of the molecule is CNC(C)Cc1ccc(OCCN(C)C)cc1. The van der Waals surface area contributed by atoms with Gasteiger partial charge in [-0.2, -0.15) is 0 Å². The summed E-state index contributed by atoms with van der Waals surface area (Å²) in [5, 5.41) is 3.24. The van der Waals surface area contributed by atoms with Crippen LogP contribution in [0, 0.1) is 0 Å². The van der Waals surface area contributed by atoms with E-state index in [-0.39, 0.29) is 0 Å². The van der Waals surface area contributed by atoms with E-state index in [2.05, 4.69) is 29.3 Å². The van der Waals surface area contributed by atoms with Crippen LogP contribution in [0.4, 0.5) is 0 Å². The van der Waals surface area contributed by atoms with Crippen molar-refractivity contribution in [2.24, 2.45) is 0 Å². The van der Waals surface area contributed by atoms with Crippen molar-refractivity contribution in [1.29, 1.82) is 0 Å². The molecule has 0 fully saturated rings. The number of rotatable bonds is 7. The third kappa shape index (κ3) is 5.71. The lowest BCUT2D eigenvalue weighted by molar-refractivity contribution is 0.261. The number of benzene rings is 1. The zero-order valence-electron chi connectivity index (χ0n) is 11.4. The van der Waals surface area contributed by atoms with E-state index in [9.17, 15) is 0 Å². The molecule has 3 heteroatoms. The molecular weight excluding hydrogens is 212 g/mol. The summed E-state index contributed by atoms with van der Waals surface area (Å²) in [7, 11) is 6.08. The summed E-state index contributed by atoms with van der Waals surface area (Å²) in [5.41, 5.74) is 1.34. The van der Waals surface area contributed by atoms with Gasteiger partial charge in [0.1, 0.15) is 12.4 Å². The molecule has 0 aromatic heterocycles. The summed E-state index contributed by atoms with van der Waals surface area (Å²) in [6, 6.07) is 8.88. The smallest absolute Gasteiger partial charge is 0.119 e.